The Labute approximate surface area is 60.6 Å². The second-order valence-electron chi connectivity index (χ2n) is 1.92. The molecule has 0 aromatic carbocycles. The largest absolute Gasteiger partial charge is 0.329 e. The average molecular weight is 149 g/mol. The van der Waals surface area contributed by atoms with Gasteiger partial charge in [0.1, 0.15) is 0 Å². The van der Waals surface area contributed by atoms with Crippen LogP contribution in [-0.2, 0) is 19.6 Å². The minimum atomic E-state index is -1.38. The highest BCUT2D eigenvalue weighted by molar-refractivity contribution is 4.51. The summed E-state index contributed by atoms with van der Waals surface area (Å²) in [5, 5.41) is 10.1. The molecule has 61 valence electrons. The van der Waals surface area contributed by atoms with E-state index in [1.54, 1.807) is 0 Å². The summed E-state index contributed by atoms with van der Waals surface area (Å²) in [6.07, 6.45) is 1.20. The van der Waals surface area contributed by atoms with Crippen LogP contribution in [0.25, 0.3) is 0 Å². The summed E-state index contributed by atoms with van der Waals surface area (Å²) in [5.74, 6) is -1.38. The second-order valence-corrected chi connectivity index (χ2v) is 1.92. The Morgan fingerprint density at radius 3 is 1.90 bits per heavy atom. The maximum atomic E-state index is 10.1. The zero-order valence-electron chi connectivity index (χ0n) is 6.55. The molecule has 10 heavy (non-hydrogen) atoms. The third-order valence-corrected chi connectivity index (χ3v) is 1.31. The van der Waals surface area contributed by atoms with E-state index in [4.69, 9.17) is 9.47 Å². The molecule has 0 rings (SSSR count). The maximum Gasteiger partial charge on any atom is 0.314 e. The van der Waals surface area contributed by atoms with Crippen molar-refractivity contribution in [2.24, 2.45) is 0 Å². The van der Waals surface area contributed by atoms with Crippen LogP contribution in [0.2, 0.25) is 0 Å². The predicted octanol–water partition coefficient (Wildman–Crippen LogP) is 1.10. The summed E-state index contributed by atoms with van der Waals surface area (Å²) in [7, 11) is 2.74. The first-order valence-electron chi connectivity index (χ1n) is 3.16. The number of methoxy groups -OCH3 is 2. The Morgan fingerprint density at radius 2 is 1.80 bits per heavy atom. The molecule has 4 nitrogen and oxygen atoms in total. The highest BCUT2D eigenvalue weighted by Crippen LogP contribution is 2.18. The van der Waals surface area contributed by atoms with Crippen molar-refractivity contribution >= 4 is 0 Å². The van der Waals surface area contributed by atoms with Crippen LogP contribution in [-0.4, -0.2) is 20.2 Å². The number of rotatable bonds is 5. The van der Waals surface area contributed by atoms with E-state index in [2.05, 4.69) is 4.89 Å². The van der Waals surface area contributed by atoms with Crippen LogP contribution in [0, 0.1) is 0 Å². The van der Waals surface area contributed by atoms with Crippen molar-refractivity contribution in [1.29, 1.82) is 0 Å². The topological polar surface area (TPSA) is 47.6 Å². The first kappa shape index (κ1) is 9.84. The Hall–Kier alpha value is -0.160. The molecule has 0 atom stereocenters. The lowest BCUT2D eigenvalue weighted by Gasteiger charge is -2.24. The van der Waals surface area contributed by atoms with Gasteiger partial charge >= 0.3 is 5.97 Å². The fourth-order valence-electron chi connectivity index (χ4n) is 0.703. The van der Waals surface area contributed by atoms with Gasteiger partial charge in [-0.1, -0.05) is 6.92 Å². The molecule has 0 aromatic rings. The molecule has 0 saturated heterocycles. The van der Waals surface area contributed by atoms with Crippen molar-refractivity contribution in [2.75, 3.05) is 14.2 Å². The van der Waals surface area contributed by atoms with Gasteiger partial charge in [-0.25, -0.2) is 0 Å². The standard InChI is InChI=1S/C6H13O4/c1-4-5-6(8-2,9-3)10-7/h4-5H2,1-3H3. The van der Waals surface area contributed by atoms with Crippen LogP contribution in [0.5, 0.6) is 0 Å². The fraction of sp³-hybridized carbons (Fsp3) is 1.00. The van der Waals surface area contributed by atoms with Crippen LogP contribution in [0.3, 0.4) is 0 Å². The van der Waals surface area contributed by atoms with Crippen LogP contribution < -0.4 is 0 Å². The zero-order valence-corrected chi connectivity index (χ0v) is 6.55. The van der Waals surface area contributed by atoms with Gasteiger partial charge in [0.05, 0.1) is 0 Å². The third-order valence-electron chi connectivity index (χ3n) is 1.31. The van der Waals surface area contributed by atoms with Crippen LogP contribution in [0.1, 0.15) is 19.8 Å². The summed E-state index contributed by atoms with van der Waals surface area (Å²) >= 11 is 0. The van der Waals surface area contributed by atoms with Gasteiger partial charge in [0.25, 0.3) is 0 Å². The van der Waals surface area contributed by atoms with Gasteiger partial charge in [0, 0.05) is 20.6 Å². The van der Waals surface area contributed by atoms with Gasteiger partial charge < -0.3 is 9.47 Å². The molecule has 1 radical (unpaired) electrons. The zero-order chi connectivity index (χ0) is 8.04. The highest BCUT2D eigenvalue weighted by atomic mass is 17.2. The van der Waals surface area contributed by atoms with Gasteiger partial charge in [-0.15, -0.1) is 4.89 Å². The van der Waals surface area contributed by atoms with Crippen molar-refractivity contribution in [2.45, 2.75) is 25.7 Å². The molecule has 0 aliphatic rings. The van der Waals surface area contributed by atoms with E-state index >= 15 is 0 Å². The smallest absolute Gasteiger partial charge is 0.314 e. The van der Waals surface area contributed by atoms with Crippen molar-refractivity contribution in [3.8, 4) is 0 Å². The van der Waals surface area contributed by atoms with Crippen LogP contribution in [0.15, 0.2) is 0 Å². The lowest BCUT2D eigenvalue weighted by Crippen LogP contribution is -2.35. The van der Waals surface area contributed by atoms with Crippen molar-refractivity contribution in [1.82, 2.24) is 0 Å². The molecule has 0 unspecified atom stereocenters. The SMILES string of the molecule is CCCC(OC)(OC)O[O]. The number of ether oxygens (including phenoxy) is 2. The fourth-order valence-corrected chi connectivity index (χ4v) is 0.703. The van der Waals surface area contributed by atoms with Crippen molar-refractivity contribution < 1.29 is 19.6 Å². The average Bonchev–Trinajstić information content (AvgIpc) is 2.01. The van der Waals surface area contributed by atoms with Crippen molar-refractivity contribution in [3.63, 3.8) is 0 Å². The molecule has 4 heteroatoms. The highest BCUT2D eigenvalue weighted by Gasteiger charge is 2.30. The summed E-state index contributed by atoms with van der Waals surface area (Å²) in [4.78, 5) is 3.78. The van der Waals surface area contributed by atoms with E-state index in [1.165, 1.54) is 14.2 Å². The summed E-state index contributed by atoms with van der Waals surface area (Å²) < 4.78 is 9.44. The Bertz CT molecular complexity index is 71.6. The van der Waals surface area contributed by atoms with E-state index in [1.807, 2.05) is 6.92 Å². The van der Waals surface area contributed by atoms with E-state index in [0.29, 0.717) is 6.42 Å². The number of hydrogen-bond acceptors (Lipinski definition) is 3. The molecule has 0 bridgehead atoms. The van der Waals surface area contributed by atoms with Crippen LogP contribution >= 0.6 is 0 Å². The molecule has 0 aromatic heterocycles. The minimum absolute atomic E-state index is 0.434. The van der Waals surface area contributed by atoms with Crippen LogP contribution in [0.4, 0.5) is 0 Å². The molecule has 0 fully saturated rings. The Morgan fingerprint density at radius 1 is 1.30 bits per heavy atom. The van der Waals surface area contributed by atoms with E-state index in [-0.39, 0.29) is 0 Å². The third kappa shape index (κ3) is 2.22. The summed E-state index contributed by atoms with van der Waals surface area (Å²) in [6, 6.07) is 0. The monoisotopic (exact) mass is 149 g/mol. The molecule has 0 amide bonds. The first-order chi connectivity index (χ1) is 4.74. The van der Waals surface area contributed by atoms with Gasteiger partial charge in [0.2, 0.25) is 0 Å². The molecule has 0 N–H and O–H groups in total. The van der Waals surface area contributed by atoms with Gasteiger partial charge in [-0.3, -0.25) is 0 Å². The molecular weight excluding hydrogens is 136 g/mol. The number of hydrogen-bond donors (Lipinski definition) is 0. The normalized spacial score (nSPS) is 12.0. The van der Waals surface area contributed by atoms with E-state index in [0.717, 1.165) is 6.42 Å². The van der Waals surface area contributed by atoms with Gasteiger partial charge in [-0.2, -0.15) is 0 Å². The first-order valence-corrected chi connectivity index (χ1v) is 3.16. The second kappa shape index (κ2) is 4.62. The van der Waals surface area contributed by atoms with Crippen molar-refractivity contribution in [3.05, 3.63) is 0 Å². The Kier molecular flexibility index (Phi) is 4.55. The lowest BCUT2D eigenvalue weighted by molar-refractivity contribution is -0.510. The van der Waals surface area contributed by atoms with Gasteiger partial charge in [0.15, 0.2) is 0 Å². The van der Waals surface area contributed by atoms with Gasteiger partial charge in [-0.05, 0) is 11.7 Å². The Balaban J connectivity index is 3.87. The molecule has 0 saturated carbocycles. The molecule has 0 heterocycles. The molecule has 0 aliphatic carbocycles. The summed E-state index contributed by atoms with van der Waals surface area (Å²) in [6.45, 7) is 1.91. The minimum Gasteiger partial charge on any atom is -0.329 e. The summed E-state index contributed by atoms with van der Waals surface area (Å²) in [5.41, 5.74) is 0. The lowest BCUT2D eigenvalue weighted by atomic mass is 10.3. The van der Waals surface area contributed by atoms with E-state index in [9.17, 15) is 5.26 Å². The van der Waals surface area contributed by atoms with E-state index < -0.39 is 5.97 Å². The quantitative estimate of drug-likeness (QED) is 0.334. The molecule has 0 spiro atoms. The predicted molar refractivity (Wildman–Crippen MR) is 33.4 cm³/mol. The molecular formula is C6H13O4. The molecule has 0 aliphatic heterocycles. The maximum absolute atomic E-state index is 10.1.